The Bertz CT molecular complexity index is 1210. The van der Waals surface area contributed by atoms with Crippen LogP contribution in [0.3, 0.4) is 0 Å². The Balaban J connectivity index is 1.82. The molecule has 2 aliphatic heterocycles. The van der Waals surface area contributed by atoms with Gasteiger partial charge in [-0.2, -0.15) is 0 Å². The van der Waals surface area contributed by atoms with Gasteiger partial charge < -0.3 is 9.30 Å². The van der Waals surface area contributed by atoms with Crippen LogP contribution in [0, 0.1) is 0 Å². The molecule has 0 amide bonds. The summed E-state index contributed by atoms with van der Waals surface area (Å²) in [4.78, 5) is 32.8. The molecule has 2 aliphatic rings. The van der Waals surface area contributed by atoms with Crippen molar-refractivity contribution in [1.82, 2.24) is 14.5 Å². The first-order valence-electron chi connectivity index (χ1n) is 9.48. The lowest BCUT2D eigenvalue weighted by atomic mass is 9.81. The molecule has 0 spiro atoms. The maximum atomic E-state index is 13.3. The molecule has 3 aromatic rings. The zero-order valence-electron chi connectivity index (χ0n) is 16.2. The van der Waals surface area contributed by atoms with Gasteiger partial charge in [0.2, 0.25) is 0 Å². The fraction of sp³-hybridized carbons (Fsp3) is 0.318. The normalized spacial score (nSPS) is 20.1. The summed E-state index contributed by atoms with van der Waals surface area (Å²) in [6, 6.07) is 12.0. The standard InChI is InChI=1S/C22H21N3O3/c1-4-22(24(2)3)16-10-18-19-14(9-13-7-5-6-8-17(13)23-19)11-25(18)20(26)15(16)12-28-21(22)27/h5-10H,4,11-12H2,1-3H3/t22-/m0/s1. The molecule has 28 heavy (non-hydrogen) atoms. The van der Waals surface area contributed by atoms with Gasteiger partial charge in [-0.15, -0.1) is 0 Å². The second-order valence-electron chi connectivity index (χ2n) is 7.69. The fourth-order valence-corrected chi connectivity index (χ4v) is 4.66. The van der Waals surface area contributed by atoms with Crippen LogP contribution in [0.5, 0.6) is 0 Å². The van der Waals surface area contributed by atoms with E-state index in [9.17, 15) is 9.59 Å². The van der Waals surface area contributed by atoms with Crippen LogP contribution in [0.15, 0.2) is 41.2 Å². The molecule has 1 aromatic carbocycles. The number of para-hydroxylation sites is 1. The average Bonchev–Trinajstić information content (AvgIpc) is 3.04. The Labute approximate surface area is 162 Å². The summed E-state index contributed by atoms with van der Waals surface area (Å²) in [5.41, 5.74) is 3.78. The van der Waals surface area contributed by atoms with E-state index in [1.54, 1.807) is 4.57 Å². The van der Waals surface area contributed by atoms with Gasteiger partial charge in [0.25, 0.3) is 5.56 Å². The van der Waals surface area contributed by atoms with Crippen molar-refractivity contribution >= 4 is 16.9 Å². The van der Waals surface area contributed by atoms with Crippen molar-refractivity contribution in [1.29, 1.82) is 0 Å². The van der Waals surface area contributed by atoms with E-state index < -0.39 is 5.54 Å². The molecule has 5 rings (SSSR count). The van der Waals surface area contributed by atoms with Crippen molar-refractivity contribution in [2.75, 3.05) is 14.1 Å². The number of fused-ring (bicyclic) bond motifs is 5. The van der Waals surface area contributed by atoms with Gasteiger partial charge in [0.1, 0.15) is 12.1 Å². The van der Waals surface area contributed by atoms with Crippen LogP contribution in [0.1, 0.15) is 30.0 Å². The minimum absolute atomic E-state index is 0.0224. The Morgan fingerprint density at radius 1 is 1.21 bits per heavy atom. The molecule has 0 saturated carbocycles. The second-order valence-corrected chi connectivity index (χ2v) is 7.69. The quantitative estimate of drug-likeness (QED) is 0.504. The zero-order valence-corrected chi connectivity index (χ0v) is 16.2. The highest BCUT2D eigenvalue weighted by Gasteiger charge is 2.48. The molecular weight excluding hydrogens is 354 g/mol. The highest BCUT2D eigenvalue weighted by molar-refractivity contribution is 5.87. The first-order chi connectivity index (χ1) is 13.5. The van der Waals surface area contributed by atoms with Crippen LogP contribution in [-0.2, 0) is 28.2 Å². The number of nitrogens with zero attached hydrogens (tertiary/aromatic N) is 3. The number of esters is 1. The van der Waals surface area contributed by atoms with E-state index >= 15 is 0 Å². The molecule has 0 radical (unpaired) electrons. The van der Waals surface area contributed by atoms with Crippen LogP contribution < -0.4 is 5.56 Å². The largest absolute Gasteiger partial charge is 0.459 e. The zero-order chi connectivity index (χ0) is 19.6. The Hall–Kier alpha value is -2.99. The van der Waals surface area contributed by atoms with Crippen LogP contribution >= 0.6 is 0 Å². The van der Waals surface area contributed by atoms with Gasteiger partial charge >= 0.3 is 5.97 Å². The van der Waals surface area contributed by atoms with E-state index in [0.717, 1.165) is 33.4 Å². The van der Waals surface area contributed by atoms with E-state index in [2.05, 4.69) is 6.07 Å². The predicted molar refractivity (Wildman–Crippen MR) is 106 cm³/mol. The number of rotatable bonds is 2. The number of benzene rings is 1. The number of ether oxygens (including phenoxy) is 1. The monoisotopic (exact) mass is 375 g/mol. The molecule has 0 aliphatic carbocycles. The molecule has 6 heteroatoms. The van der Waals surface area contributed by atoms with E-state index in [0.29, 0.717) is 18.5 Å². The van der Waals surface area contributed by atoms with Gasteiger partial charge in [0.15, 0.2) is 0 Å². The molecule has 1 atom stereocenters. The molecule has 0 fully saturated rings. The van der Waals surface area contributed by atoms with Crippen LogP contribution in [0.25, 0.3) is 22.3 Å². The van der Waals surface area contributed by atoms with E-state index in [1.807, 2.05) is 56.3 Å². The molecule has 142 valence electrons. The third-order valence-corrected chi connectivity index (χ3v) is 6.18. The smallest absolute Gasteiger partial charge is 0.331 e. The summed E-state index contributed by atoms with van der Waals surface area (Å²) in [5, 5.41) is 1.06. The van der Waals surface area contributed by atoms with Gasteiger partial charge in [0, 0.05) is 10.9 Å². The summed E-state index contributed by atoms with van der Waals surface area (Å²) in [7, 11) is 3.70. The number of likely N-dealkylation sites (N-methyl/N-ethyl adjacent to an activating group) is 1. The van der Waals surface area contributed by atoms with E-state index in [-0.39, 0.29) is 18.1 Å². The lowest BCUT2D eigenvalue weighted by Gasteiger charge is -2.41. The summed E-state index contributed by atoms with van der Waals surface area (Å²) in [6.45, 7) is 2.46. The Morgan fingerprint density at radius 2 is 2.00 bits per heavy atom. The van der Waals surface area contributed by atoms with Crippen molar-refractivity contribution < 1.29 is 9.53 Å². The van der Waals surface area contributed by atoms with Gasteiger partial charge in [-0.05, 0) is 44.3 Å². The number of hydrogen-bond donors (Lipinski definition) is 0. The third kappa shape index (κ3) is 2.04. The van der Waals surface area contributed by atoms with Crippen molar-refractivity contribution in [3.8, 4) is 11.4 Å². The highest BCUT2D eigenvalue weighted by Crippen LogP contribution is 2.40. The maximum Gasteiger partial charge on any atom is 0.331 e. The number of hydrogen-bond acceptors (Lipinski definition) is 5. The van der Waals surface area contributed by atoms with E-state index in [4.69, 9.17) is 9.72 Å². The fourth-order valence-electron chi connectivity index (χ4n) is 4.66. The molecule has 6 nitrogen and oxygen atoms in total. The van der Waals surface area contributed by atoms with Gasteiger partial charge in [-0.3, -0.25) is 9.69 Å². The molecule has 0 N–H and O–H groups in total. The number of aromatic nitrogens is 2. The van der Waals surface area contributed by atoms with E-state index in [1.165, 1.54) is 0 Å². The van der Waals surface area contributed by atoms with Gasteiger partial charge in [-0.25, -0.2) is 9.78 Å². The first kappa shape index (κ1) is 17.1. The summed E-state index contributed by atoms with van der Waals surface area (Å²) < 4.78 is 7.20. The van der Waals surface area contributed by atoms with Crippen LogP contribution in [0.4, 0.5) is 0 Å². The van der Waals surface area contributed by atoms with Crippen LogP contribution in [0.2, 0.25) is 0 Å². The SMILES string of the molecule is CC[C@@]1(N(C)C)C(=O)OCc2c1cc1n(c2=O)Cc2cc3ccccc3nc2-1. The Kier molecular flexibility index (Phi) is 3.52. The molecular formula is C22H21N3O3. The van der Waals surface area contributed by atoms with Crippen molar-refractivity contribution in [2.24, 2.45) is 0 Å². The van der Waals surface area contributed by atoms with Crippen molar-refractivity contribution in [2.45, 2.75) is 32.0 Å². The lowest BCUT2D eigenvalue weighted by molar-refractivity contribution is -0.162. The molecule has 2 aromatic heterocycles. The van der Waals surface area contributed by atoms with Crippen LogP contribution in [-0.4, -0.2) is 34.5 Å². The summed E-state index contributed by atoms with van der Waals surface area (Å²) >= 11 is 0. The first-order valence-corrected chi connectivity index (χ1v) is 9.48. The van der Waals surface area contributed by atoms with Gasteiger partial charge in [-0.1, -0.05) is 25.1 Å². The minimum atomic E-state index is -0.956. The number of carbonyl (C=O) groups is 1. The molecule has 0 saturated heterocycles. The van der Waals surface area contributed by atoms with Crippen molar-refractivity contribution in [3.63, 3.8) is 0 Å². The highest BCUT2D eigenvalue weighted by atomic mass is 16.5. The second kappa shape index (κ2) is 5.75. The number of carbonyl (C=O) groups excluding carboxylic acids is 1. The average molecular weight is 375 g/mol. The maximum absolute atomic E-state index is 13.3. The topological polar surface area (TPSA) is 64.4 Å². The predicted octanol–water partition coefficient (Wildman–Crippen LogP) is 2.65. The Morgan fingerprint density at radius 3 is 2.75 bits per heavy atom. The third-order valence-electron chi connectivity index (χ3n) is 6.18. The lowest BCUT2D eigenvalue weighted by Crippen LogP contribution is -2.53. The summed E-state index contributed by atoms with van der Waals surface area (Å²) in [5.74, 6) is -0.304. The minimum Gasteiger partial charge on any atom is -0.459 e. The summed E-state index contributed by atoms with van der Waals surface area (Å²) in [6.07, 6.45) is 0.521. The molecule has 0 unspecified atom stereocenters. The molecule has 4 heterocycles. The number of pyridine rings is 2. The van der Waals surface area contributed by atoms with Crippen molar-refractivity contribution in [3.05, 3.63) is 63.4 Å². The number of cyclic esters (lactones) is 1. The van der Waals surface area contributed by atoms with Gasteiger partial charge in [0.05, 0.1) is 29.0 Å². The molecule has 0 bridgehead atoms.